The van der Waals surface area contributed by atoms with E-state index in [1.54, 1.807) is 24.3 Å². The molecule has 4 rings (SSSR count). The second-order valence-corrected chi connectivity index (χ2v) is 12.1. The van der Waals surface area contributed by atoms with Crippen molar-refractivity contribution in [3.63, 3.8) is 0 Å². The minimum absolute atomic E-state index is 0.0708. The lowest BCUT2D eigenvalue weighted by Gasteiger charge is -2.48. The fourth-order valence-electron chi connectivity index (χ4n) is 5.78. The third-order valence-electron chi connectivity index (χ3n) is 7.53. The Morgan fingerprint density at radius 1 is 0.970 bits per heavy atom. The van der Waals surface area contributed by atoms with Crippen molar-refractivity contribution >= 4 is 15.9 Å². The quantitative estimate of drug-likeness (QED) is 0.679. The molecule has 3 aliphatic rings. The first-order valence-electron chi connectivity index (χ1n) is 12.6. The maximum Gasteiger partial charge on any atom is 0.251 e. The highest BCUT2D eigenvalue weighted by Gasteiger charge is 2.38. The molecule has 7 nitrogen and oxygen atoms in total. The van der Waals surface area contributed by atoms with E-state index in [0.29, 0.717) is 25.2 Å². The number of morpholine rings is 1. The van der Waals surface area contributed by atoms with Crippen molar-refractivity contribution in [1.82, 2.24) is 14.5 Å². The second kappa shape index (κ2) is 10.4. The predicted octanol–water partition coefficient (Wildman–Crippen LogP) is 3.40. The van der Waals surface area contributed by atoms with Gasteiger partial charge in [0.25, 0.3) is 5.91 Å². The van der Waals surface area contributed by atoms with E-state index in [4.69, 9.17) is 4.74 Å². The van der Waals surface area contributed by atoms with Crippen LogP contribution in [0.25, 0.3) is 0 Å². The maximum atomic E-state index is 13.1. The van der Waals surface area contributed by atoms with Crippen LogP contribution < -0.4 is 5.32 Å². The zero-order chi connectivity index (χ0) is 23.5. The van der Waals surface area contributed by atoms with Crippen molar-refractivity contribution in [2.75, 3.05) is 32.7 Å². The summed E-state index contributed by atoms with van der Waals surface area (Å²) in [7, 11) is -3.61. The number of hydrogen-bond acceptors (Lipinski definition) is 5. The molecule has 184 valence electrons. The molecule has 1 aromatic carbocycles. The fraction of sp³-hybridized carbons (Fsp3) is 0.720. The van der Waals surface area contributed by atoms with Crippen molar-refractivity contribution in [3.05, 3.63) is 29.8 Å². The Morgan fingerprint density at radius 2 is 1.55 bits per heavy atom. The average Bonchev–Trinajstić information content (AvgIpc) is 2.83. The van der Waals surface area contributed by atoms with E-state index in [0.717, 1.165) is 25.9 Å². The molecule has 3 fully saturated rings. The SMILES string of the molecule is CC1CN(S(=O)(=O)c2ccc(C(=O)NCC3(N4CCCCC4)CCCCC3)cc2)CC(C)O1. The van der Waals surface area contributed by atoms with Crippen LogP contribution >= 0.6 is 0 Å². The van der Waals surface area contributed by atoms with Crippen molar-refractivity contribution in [2.24, 2.45) is 0 Å². The molecule has 8 heteroatoms. The molecule has 2 saturated heterocycles. The summed E-state index contributed by atoms with van der Waals surface area (Å²) in [4.78, 5) is 15.8. The zero-order valence-electron chi connectivity index (χ0n) is 20.1. The number of hydrogen-bond donors (Lipinski definition) is 1. The number of rotatable bonds is 6. The Bertz CT molecular complexity index is 896. The molecular formula is C25H39N3O4S. The molecule has 0 spiro atoms. The number of nitrogens with zero attached hydrogens (tertiary/aromatic N) is 2. The number of sulfonamides is 1. The molecule has 0 radical (unpaired) electrons. The Balaban J connectivity index is 1.41. The third kappa shape index (κ3) is 5.61. The molecule has 2 atom stereocenters. The van der Waals surface area contributed by atoms with E-state index < -0.39 is 10.0 Å². The van der Waals surface area contributed by atoms with Gasteiger partial charge in [-0.15, -0.1) is 0 Å². The van der Waals surface area contributed by atoms with Crippen LogP contribution in [0.3, 0.4) is 0 Å². The number of carbonyl (C=O) groups excluding carboxylic acids is 1. The molecule has 2 unspecified atom stereocenters. The van der Waals surface area contributed by atoms with Crippen molar-refractivity contribution in [3.8, 4) is 0 Å². The number of ether oxygens (including phenoxy) is 1. The van der Waals surface area contributed by atoms with Crippen molar-refractivity contribution in [2.45, 2.75) is 87.9 Å². The molecule has 2 aliphatic heterocycles. The number of nitrogens with one attached hydrogen (secondary N) is 1. The van der Waals surface area contributed by atoms with Gasteiger partial charge in [0, 0.05) is 30.7 Å². The van der Waals surface area contributed by atoms with Gasteiger partial charge in [-0.1, -0.05) is 25.7 Å². The summed E-state index contributed by atoms with van der Waals surface area (Å²) in [5, 5.41) is 3.18. The van der Waals surface area contributed by atoms with E-state index in [1.807, 2.05) is 13.8 Å². The smallest absolute Gasteiger partial charge is 0.251 e. The molecule has 1 amide bonds. The highest BCUT2D eigenvalue weighted by atomic mass is 32.2. The molecule has 2 heterocycles. The van der Waals surface area contributed by atoms with Crippen LogP contribution in [0, 0.1) is 0 Å². The van der Waals surface area contributed by atoms with Gasteiger partial charge in [-0.2, -0.15) is 4.31 Å². The van der Waals surface area contributed by atoms with Gasteiger partial charge in [0.05, 0.1) is 17.1 Å². The number of piperidine rings is 1. The highest BCUT2D eigenvalue weighted by Crippen LogP contribution is 2.35. The van der Waals surface area contributed by atoms with E-state index in [9.17, 15) is 13.2 Å². The van der Waals surface area contributed by atoms with Crippen LogP contribution in [0.4, 0.5) is 0 Å². The fourth-order valence-corrected chi connectivity index (χ4v) is 7.37. The molecule has 33 heavy (non-hydrogen) atoms. The third-order valence-corrected chi connectivity index (χ3v) is 9.38. The number of likely N-dealkylation sites (tertiary alicyclic amines) is 1. The standard InChI is InChI=1S/C25H39N3O4S/c1-20-17-28(18-21(2)32-20)33(30,31)23-11-9-22(10-12-23)24(29)26-19-25(13-5-3-6-14-25)27-15-7-4-8-16-27/h9-12,20-21H,3-8,13-19H2,1-2H3,(H,26,29). The predicted molar refractivity (Wildman–Crippen MR) is 129 cm³/mol. The van der Waals surface area contributed by atoms with Gasteiger partial charge in [-0.05, 0) is 76.9 Å². The van der Waals surface area contributed by atoms with E-state index in [1.165, 1.54) is 42.8 Å². The summed E-state index contributed by atoms with van der Waals surface area (Å²) in [6.45, 7) is 7.36. The molecular weight excluding hydrogens is 438 g/mol. The monoisotopic (exact) mass is 477 g/mol. The van der Waals surface area contributed by atoms with Crippen molar-refractivity contribution < 1.29 is 17.9 Å². The lowest BCUT2D eigenvalue weighted by molar-refractivity contribution is -0.0440. The molecule has 1 aliphatic carbocycles. The van der Waals surface area contributed by atoms with Crippen molar-refractivity contribution in [1.29, 1.82) is 0 Å². The Hall–Kier alpha value is -1.48. The van der Waals surface area contributed by atoms with Crippen LogP contribution in [0.15, 0.2) is 29.2 Å². The number of benzene rings is 1. The molecule has 1 saturated carbocycles. The zero-order valence-corrected chi connectivity index (χ0v) is 20.9. The average molecular weight is 478 g/mol. The lowest BCUT2D eigenvalue weighted by Crippen LogP contribution is -2.58. The summed E-state index contributed by atoms with van der Waals surface area (Å²) < 4.78 is 33.3. The van der Waals surface area contributed by atoms with Crippen LogP contribution in [-0.4, -0.2) is 74.0 Å². The lowest BCUT2D eigenvalue weighted by atomic mass is 9.79. The van der Waals surface area contributed by atoms with Gasteiger partial charge in [0.2, 0.25) is 10.0 Å². The largest absolute Gasteiger partial charge is 0.373 e. The Kier molecular flexibility index (Phi) is 7.78. The minimum atomic E-state index is -3.61. The number of amides is 1. The molecule has 1 aromatic rings. The second-order valence-electron chi connectivity index (χ2n) is 10.1. The van der Waals surface area contributed by atoms with E-state index in [2.05, 4.69) is 10.2 Å². The summed E-state index contributed by atoms with van der Waals surface area (Å²) in [5.41, 5.74) is 0.573. The molecule has 0 bridgehead atoms. The summed E-state index contributed by atoms with van der Waals surface area (Å²) in [6, 6.07) is 6.36. The normalized spacial score (nSPS) is 27.2. The first-order chi connectivity index (χ1) is 15.8. The minimum Gasteiger partial charge on any atom is -0.373 e. The number of carbonyl (C=O) groups is 1. The maximum absolute atomic E-state index is 13.1. The van der Waals surface area contributed by atoms with Crippen LogP contribution in [-0.2, 0) is 14.8 Å². The van der Waals surface area contributed by atoms with Gasteiger partial charge in [0.15, 0.2) is 0 Å². The van der Waals surface area contributed by atoms with Gasteiger partial charge >= 0.3 is 0 Å². The van der Waals surface area contributed by atoms with E-state index in [-0.39, 0.29) is 28.5 Å². The molecule has 1 N–H and O–H groups in total. The molecule has 0 aromatic heterocycles. The van der Waals surface area contributed by atoms with Crippen LogP contribution in [0.5, 0.6) is 0 Å². The first-order valence-corrected chi connectivity index (χ1v) is 14.0. The summed E-state index contributed by atoms with van der Waals surface area (Å²) in [6.07, 6.45) is 9.51. The Morgan fingerprint density at radius 3 is 2.15 bits per heavy atom. The summed E-state index contributed by atoms with van der Waals surface area (Å²) in [5.74, 6) is -0.130. The summed E-state index contributed by atoms with van der Waals surface area (Å²) >= 11 is 0. The first kappa shape index (κ1) is 24.6. The van der Waals surface area contributed by atoms with Gasteiger partial charge < -0.3 is 10.1 Å². The highest BCUT2D eigenvalue weighted by molar-refractivity contribution is 7.89. The topological polar surface area (TPSA) is 79.0 Å². The van der Waals surface area contributed by atoms with Gasteiger partial charge in [-0.3, -0.25) is 9.69 Å². The van der Waals surface area contributed by atoms with Gasteiger partial charge in [0.1, 0.15) is 0 Å². The van der Waals surface area contributed by atoms with Gasteiger partial charge in [-0.25, -0.2) is 8.42 Å². The Labute approximate surface area is 198 Å². The van der Waals surface area contributed by atoms with Crippen LogP contribution in [0.2, 0.25) is 0 Å². The van der Waals surface area contributed by atoms with Crippen LogP contribution in [0.1, 0.15) is 75.6 Å². The van der Waals surface area contributed by atoms with E-state index >= 15 is 0 Å².